The first-order valence-corrected chi connectivity index (χ1v) is 7.49. The van der Waals surface area contributed by atoms with E-state index in [2.05, 4.69) is 10.6 Å². The van der Waals surface area contributed by atoms with Crippen molar-refractivity contribution in [3.8, 4) is 0 Å². The van der Waals surface area contributed by atoms with Crippen molar-refractivity contribution in [1.29, 1.82) is 0 Å². The van der Waals surface area contributed by atoms with Crippen LogP contribution in [0.1, 0.15) is 45.4 Å². The van der Waals surface area contributed by atoms with Gasteiger partial charge in [-0.3, -0.25) is 4.79 Å². The van der Waals surface area contributed by atoms with Gasteiger partial charge in [0.1, 0.15) is 0 Å². The molecule has 0 radical (unpaired) electrons. The summed E-state index contributed by atoms with van der Waals surface area (Å²) in [6.45, 7) is 4.22. The zero-order chi connectivity index (χ0) is 13.7. The van der Waals surface area contributed by atoms with E-state index in [1.165, 1.54) is 19.3 Å². The van der Waals surface area contributed by atoms with Gasteiger partial charge in [-0.05, 0) is 44.9 Å². The van der Waals surface area contributed by atoms with Crippen LogP contribution in [-0.4, -0.2) is 42.5 Å². The average molecular weight is 267 g/mol. The van der Waals surface area contributed by atoms with Crippen LogP contribution < -0.4 is 10.6 Å². The van der Waals surface area contributed by atoms with Crippen molar-refractivity contribution in [2.24, 2.45) is 5.92 Å². The Morgan fingerprint density at radius 2 is 1.89 bits per heavy atom. The second kappa shape index (κ2) is 6.78. The molecule has 1 unspecified atom stereocenters. The molecule has 2 aliphatic rings. The third-order valence-electron chi connectivity index (χ3n) is 4.02. The second-order valence-electron chi connectivity index (χ2n) is 5.72. The van der Waals surface area contributed by atoms with Gasteiger partial charge < -0.3 is 15.5 Å². The van der Waals surface area contributed by atoms with Crippen LogP contribution in [0.15, 0.2) is 0 Å². The van der Waals surface area contributed by atoms with E-state index < -0.39 is 0 Å². The molecule has 3 amide bonds. The number of nitrogens with zero attached hydrogens (tertiary/aromatic N) is 1. The minimum Gasteiger partial charge on any atom is -0.343 e. The molecule has 1 saturated heterocycles. The Hall–Kier alpha value is -1.26. The number of piperidine rings is 1. The molecule has 1 saturated carbocycles. The Morgan fingerprint density at radius 3 is 2.53 bits per heavy atom. The van der Waals surface area contributed by atoms with Crippen LogP contribution in [0.25, 0.3) is 0 Å². The lowest BCUT2D eigenvalue weighted by atomic mass is 10.1. The van der Waals surface area contributed by atoms with Gasteiger partial charge in [-0.25, -0.2) is 4.79 Å². The molecule has 2 fully saturated rings. The molecule has 0 aromatic carbocycles. The molecular weight excluding hydrogens is 242 g/mol. The normalized spacial score (nSPS) is 20.8. The molecule has 108 valence electrons. The van der Waals surface area contributed by atoms with Crippen molar-refractivity contribution in [1.82, 2.24) is 15.5 Å². The monoisotopic (exact) mass is 267 g/mol. The summed E-state index contributed by atoms with van der Waals surface area (Å²) in [4.78, 5) is 25.4. The molecule has 5 nitrogen and oxygen atoms in total. The lowest BCUT2D eigenvalue weighted by Gasteiger charge is -2.26. The van der Waals surface area contributed by atoms with Gasteiger partial charge in [0.15, 0.2) is 0 Å². The summed E-state index contributed by atoms with van der Waals surface area (Å²) in [5, 5.41) is 5.69. The fourth-order valence-corrected chi connectivity index (χ4v) is 2.56. The number of hydrogen-bond acceptors (Lipinski definition) is 2. The number of nitrogens with one attached hydrogen (secondary N) is 2. The van der Waals surface area contributed by atoms with E-state index in [9.17, 15) is 9.59 Å². The lowest BCUT2D eigenvalue weighted by molar-refractivity contribution is -0.131. The van der Waals surface area contributed by atoms with Crippen molar-refractivity contribution in [2.45, 2.75) is 51.5 Å². The molecule has 1 heterocycles. The highest BCUT2D eigenvalue weighted by atomic mass is 16.2. The van der Waals surface area contributed by atoms with Crippen molar-refractivity contribution in [2.75, 3.05) is 19.6 Å². The van der Waals surface area contributed by atoms with Crippen LogP contribution in [-0.2, 0) is 4.79 Å². The van der Waals surface area contributed by atoms with E-state index >= 15 is 0 Å². The maximum atomic E-state index is 11.9. The molecule has 1 aliphatic heterocycles. The topological polar surface area (TPSA) is 61.4 Å². The average Bonchev–Trinajstić information content (AvgIpc) is 3.24. The van der Waals surface area contributed by atoms with Gasteiger partial charge in [0.25, 0.3) is 0 Å². The molecule has 0 aromatic rings. The number of amides is 3. The molecule has 0 bridgehead atoms. The van der Waals surface area contributed by atoms with Crippen LogP contribution >= 0.6 is 0 Å². The van der Waals surface area contributed by atoms with Gasteiger partial charge in [0.2, 0.25) is 5.91 Å². The highest BCUT2D eigenvalue weighted by Gasteiger charge is 2.28. The molecule has 2 N–H and O–H groups in total. The summed E-state index contributed by atoms with van der Waals surface area (Å²) in [6, 6.07) is 0.101. The van der Waals surface area contributed by atoms with Crippen LogP contribution in [0, 0.1) is 5.92 Å². The standard InChI is InChI=1S/C14H25N3O2/c1-11(12-5-6-12)16-14(19)15-8-7-13(18)17-9-3-2-4-10-17/h11-12H,2-10H2,1H3,(H2,15,16,19). The lowest BCUT2D eigenvalue weighted by Crippen LogP contribution is -2.43. The Labute approximate surface area is 115 Å². The van der Waals surface area contributed by atoms with Crippen LogP contribution in [0.3, 0.4) is 0 Å². The molecule has 2 rings (SSSR count). The molecule has 1 atom stereocenters. The zero-order valence-electron chi connectivity index (χ0n) is 11.8. The van der Waals surface area contributed by atoms with Gasteiger partial charge in [-0.15, -0.1) is 0 Å². The molecule has 0 aromatic heterocycles. The van der Waals surface area contributed by atoms with Gasteiger partial charge in [-0.1, -0.05) is 0 Å². The summed E-state index contributed by atoms with van der Waals surface area (Å²) < 4.78 is 0. The predicted molar refractivity (Wildman–Crippen MR) is 73.8 cm³/mol. The van der Waals surface area contributed by atoms with Crippen LogP contribution in [0.5, 0.6) is 0 Å². The number of hydrogen-bond donors (Lipinski definition) is 2. The SMILES string of the molecule is CC(NC(=O)NCCC(=O)N1CCCCC1)C1CC1. The van der Waals surface area contributed by atoms with E-state index in [1.54, 1.807) is 0 Å². The number of carbonyl (C=O) groups is 2. The van der Waals surface area contributed by atoms with Crippen LogP contribution in [0.4, 0.5) is 4.79 Å². The van der Waals surface area contributed by atoms with Crippen molar-refractivity contribution < 1.29 is 9.59 Å². The fourth-order valence-electron chi connectivity index (χ4n) is 2.56. The largest absolute Gasteiger partial charge is 0.343 e. The van der Waals surface area contributed by atoms with Gasteiger partial charge in [0, 0.05) is 32.1 Å². The molecule has 0 spiro atoms. The van der Waals surface area contributed by atoms with E-state index in [4.69, 9.17) is 0 Å². The number of rotatable bonds is 5. The van der Waals surface area contributed by atoms with Crippen LogP contribution in [0.2, 0.25) is 0 Å². The zero-order valence-corrected chi connectivity index (χ0v) is 11.8. The summed E-state index contributed by atoms with van der Waals surface area (Å²) in [7, 11) is 0. The van der Waals surface area contributed by atoms with Gasteiger partial charge in [-0.2, -0.15) is 0 Å². The number of likely N-dealkylation sites (tertiary alicyclic amines) is 1. The fraction of sp³-hybridized carbons (Fsp3) is 0.857. The molecular formula is C14H25N3O2. The van der Waals surface area contributed by atoms with E-state index in [1.807, 2.05) is 11.8 Å². The Bertz CT molecular complexity index is 323. The summed E-state index contributed by atoms with van der Waals surface area (Å²) in [5.74, 6) is 0.816. The predicted octanol–water partition coefficient (Wildman–Crippen LogP) is 1.49. The first kappa shape index (κ1) is 14.2. The summed E-state index contributed by atoms with van der Waals surface area (Å²) >= 11 is 0. The van der Waals surface area contributed by atoms with Crippen molar-refractivity contribution >= 4 is 11.9 Å². The summed E-state index contributed by atoms with van der Waals surface area (Å²) in [5.41, 5.74) is 0. The Kier molecular flexibility index (Phi) is 5.05. The molecule has 1 aliphatic carbocycles. The van der Waals surface area contributed by atoms with E-state index in [-0.39, 0.29) is 18.0 Å². The summed E-state index contributed by atoms with van der Waals surface area (Å²) in [6.07, 6.45) is 6.29. The Morgan fingerprint density at radius 1 is 1.21 bits per heavy atom. The van der Waals surface area contributed by atoms with E-state index in [0.29, 0.717) is 18.9 Å². The third-order valence-corrected chi connectivity index (χ3v) is 4.02. The maximum Gasteiger partial charge on any atom is 0.315 e. The Balaban J connectivity index is 1.57. The number of carbonyl (C=O) groups excluding carboxylic acids is 2. The maximum absolute atomic E-state index is 11.9. The molecule has 19 heavy (non-hydrogen) atoms. The molecule has 5 heteroatoms. The quantitative estimate of drug-likeness (QED) is 0.792. The minimum atomic E-state index is -0.147. The highest BCUT2D eigenvalue weighted by Crippen LogP contribution is 2.32. The van der Waals surface area contributed by atoms with Crippen molar-refractivity contribution in [3.05, 3.63) is 0 Å². The van der Waals surface area contributed by atoms with Gasteiger partial charge >= 0.3 is 6.03 Å². The second-order valence-corrected chi connectivity index (χ2v) is 5.72. The van der Waals surface area contributed by atoms with Crippen molar-refractivity contribution in [3.63, 3.8) is 0 Å². The first-order chi connectivity index (χ1) is 9.16. The first-order valence-electron chi connectivity index (χ1n) is 7.49. The number of urea groups is 1. The highest BCUT2D eigenvalue weighted by molar-refractivity contribution is 5.78. The van der Waals surface area contributed by atoms with E-state index in [0.717, 1.165) is 25.9 Å². The third kappa shape index (κ3) is 4.73. The van der Waals surface area contributed by atoms with Gasteiger partial charge in [0.05, 0.1) is 0 Å². The minimum absolute atomic E-state index is 0.147. The smallest absolute Gasteiger partial charge is 0.315 e.